The number of pyridine rings is 1. The number of halogens is 1. The average molecular weight is 406 g/mol. The van der Waals surface area contributed by atoms with Crippen molar-refractivity contribution in [1.82, 2.24) is 4.98 Å². The fourth-order valence-corrected chi connectivity index (χ4v) is 3.75. The highest BCUT2D eigenvalue weighted by Crippen LogP contribution is 2.39. The molecule has 1 unspecified atom stereocenters. The Labute approximate surface area is 178 Å². The number of benzene rings is 2. The first-order chi connectivity index (χ1) is 13.9. The average Bonchev–Trinajstić information content (AvgIpc) is 2.70. The molecule has 0 saturated heterocycles. The smallest absolute Gasteiger partial charge is 0.0883 e. The molecule has 0 saturated carbocycles. The highest BCUT2D eigenvalue weighted by atomic mass is 35.5. The first-order valence-electron chi connectivity index (χ1n) is 9.89. The van der Waals surface area contributed by atoms with E-state index in [1.54, 1.807) is 6.20 Å². The zero-order valence-electron chi connectivity index (χ0n) is 17.5. The van der Waals surface area contributed by atoms with Gasteiger partial charge in [-0.2, -0.15) is 0 Å². The van der Waals surface area contributed by atoms with Gasteiger partial charge in [0, 0.05) is 17.9 Å². The Balaban J connectivity index is 2.27. The summed E-state index contributed by atoms with van der Waals surface area (Å²) in [6.45, 7) is 9.25. The Morgan fingerprint density at radius 2 is 1.90 bits per heavy atom. The molecule has 0 aliphatic rings. The number of ether oxygens (including phenoxy) is 1. The van der Waals surface area contributed by atoms with E-state index in [0.717, 1.165) is 11.1 Å². The molecule has 2 nitrogen and oxygen atoms in total. The molecule has 1 heterocycles. The summed E-state index contributed by atoms with van der Waals surface area (Å²) >= 11 is 5.75. The van der Waals surface area contributed by atoms with Gasteiger partial charge in [0.25, 0.3) is 0 Å². The molecule has 3 rings (SSSR count). The Bertz CT molecular complexity index is 1020. The molecule has 3 aromatic rings. The van der Waals surface area contributed by atoms with E-state index in [0.29, 0.717) is 6.61 Å². The van der Waals surface area contributed by atoms with Crippen LogP contribution in [0.25, 0.3) is 22.4 Å². The van der Waals surface area contributed by atoms with E-state index in [1.807, 2.05) is 18.3 Å². The van der Waals surface area contributed by atoms with Gasteiger partial charge in [0.05, 0.1) is 12.7 Å². The lowest BCUT2D eigenvalue weighted by atomic mass is 9.79. The van der Waals surface area contributed by atoms with E-state index >= 15 is 0 Å². The largest absolute Gasteiger partial charge is 0.369 e. The minimum atomic E-state index is -0.125. The summed E-state index contributed by atoms with van der Waals surface area (Å²) in [7, 11) is 0. The van der Waals surface area contributed by atoms with Gasteiger partial charge in [0.1, 0.15) is 0 Å². The molecule has 2 aromatic carbocycles. The predicted molar refractivity (Wildman–Crippen MR) is 125 cm³/mol. The molecule has 0 aliphatic heterocycles. The van der Waals surface area contributed by atoms with E-state index in [1.165, 1.54) is 27.4 Å². The van der Waals surface area contributed by atoms with Crippen LogP contribution in [0.4, 0.5) is 0 Å². The standard InChI is InChI=1S/C26H28ClNO/c1-19-12-13-21-10-5-6-11-22(21)24(19)23(17-20-9-7-15-28-18-20)25(26(2,3)4)29-16-8-14-27/h5-15,17-18,25H,16H2,1-4H3. The van der Waals surface area contributed by atoms with Gasteiger partial charge in [-0.25, -0.2) is 0 Å². The molecule has 0 fully saturated rings. The molecule has 0 amide bonds. The highest BCUT2D eigenvalue weighted by molar-refractivity contribution is 6.25. The quantitative estimate of drug-likeness (QED) is 0.430. The van der Waals surface area contributed by atoms with Crippen LogP contribution in [0.1, 0.15) is 37.5 Å². The molecular formula is C26H28ClNO. The molecule has 0 bridgehead atoms. The molecule has 0 aliphatic carbocycles. The normalized spacial score (nSPS) is 13.9. The third kappa shape index (κ3) is 5.14. The maximum Gasteiger partial charge on any atom is 0.0883 e. The van der Waals surface area contributed by atoms with Crippen LogP contribution in [0.5, 0.6) is 0 Å². The second-order valence-electron chi connectivity index (χ2n) is 8.31. The van der Waals surface area contributed by atoms with Gasteiger partial charge in [-0.05, 0) is 63.6 Å². The summed E-state index contributed by atoms with van der Waals surface area (Å²) in [4.78, 5) is 4.30. The van der Waals surface area contributed by atoms with Crippen molar-refractivity contribution in [2.45, 2.75) is 33.8 Å². The Hall–Kier alpha value is -2.42. The van der Waals surface area contributed by atoms with Crippen LogP contribution in [-0.4, -0.2) is 17.7 Å². The van der Waals surface area contributed by atoms with E-state index in [4.69, 9.17) is 16.3 Å². The summed E-state index contributed by atoms with van der Waals surface area (Å²) in [6.07, 6.45) is 7.60. The molecular weight excluding hydrogens is 378 g/mol. The molecule has 0 radical (unpaired) electrons. The van der Waals surface area contributed by atoms with Crippen molar-refractivity contribution in [3.05, 3.63) is 89.2 Å². The number of hydrogen-bond donors (Lipinski definition) is 0. The number of rotatable bonds is 6. The Kier molecular flexibility index (Phi) is 6.89. The van der Waals surface area contributed by atoms with Crippen molar-refractivity contribution in [1.29, 1.82) is 0 Å². The lowest BCUT2D eigenvalue weighted by molar-refractivity contribution is 0.0392. The van der Waals surface area contributed by atoms with Gasteiger partial charge in [0.15, 0.2) is 0 Å². The fraction of sp³-hybridized carbons (Fsp3) is 0.269. The third-order valence-corrected chi connectivity index (χ3v) is 5.13. The molecule has 0 spiro atoms. The van der Waals surface area contributed by atoms with Crippen LogP contribution >= 0.6 is 11.6 Å². The lowest BCUT2D eigenvalue weighted by Gasteiger charge is -2.34. The van der Waals surface area contributed by atoms with Crippen LogP contribution in [0.15, 0.2) is 72.5 Å². The number of nitrogens with zero attached hydrogens (tertiary/aromatic N) is 1. The molecule has 3 heteroatoms. The summed E-state index contributed by atoms with van der Waals surface area (Å²) in [6, 6.07) is 16.9. The molecule has 150 valence electrons. The van der Waals surface area contributed by atoms with Gasteiger partial charge in [0.2, 0.25) is 0 Å². The van der Waals surface area contributed by atoms with Gasteiger partial charge in [-0.3, -0.25) is 4.98 Å². The molecule has 0 N–H and O–H groups in total. The van der Waals surface area contributed by atoms with Crippen LogP contribution < -0.4 is 0 Å². The molecule has 29 heavy (non-hydrogen) atoms. The van der Waals surface area contributed by atoms with E-state index in [9.17, 15) is 0 Å². The van der Waals surface area contributed by atoms with Crippen LogP contribution in [0.2, 0.25) is 0 Å². The van der Waals surface area contributed by atoms with Crippen LogP contribution in [0, 0.1) is 12.3 Å². The molecule has 1 aromatic heterocycles. The fourth-order valence-electron chi connectivity index (χ4n) is 3.68. The van der Waals surface area contributed by atoms with Crippen molar-refractivity contribution in [2.75, 3.05) is 6.61 Å². The zero-order chi connectivity index (χ0) is 20.9. The lowest BCUT2D eigenvalue weighted by Crippen LogP contribution is -2.31. The Morgan fingerprint density at radius 1 is 1.10 bits per heavy atom. The second kappa shape index (κ2) is 9.39. The van der Waals surface area contributed by atoms with Gasteiger partial charge >= 0.3 is 0 Å². The SMILES string of the molecule is Cc1ccc2ccccc2c1C(=Cc1cccnc1)C(OCC=CCl)C(C)(C)C. The number of aromatic nitrogens is 1. The van der Waals surface area contributed by atoms with Crippen molar-refractivity contribution in [3.63, 3.8) is 0 Å². The van der Waals surface area contributed by atoms with Crippen molar-refractivity contribution in [3.8, 4) is 0 Å². The summed E-state index contributed by atoms with van der Waals surface area (Å²) in [5, 5.41) is 2.45. The highest BCUT2D eigenvalue weighted by Gasteiger charge is 2.31. The third-order valence-electron chi connectivity index (χ3n) is 4.95. The zero-order valence-corrected chi connectivity index (χ0v) is 18.3. The number of aryl methyl sites for hydroxylation is 1. The minimum Gasteiger partial charge on any atom is -0.369 e. The molecule has 1 atom stereocenters. The van der Waals surface area contributed by atoms with Crippen LogP contribution in [0.3, 0.4) is 0 Å². The van der Waals surface area contributed by atoms with Crippen molar-refractivity contribution >= 4 is 34.0 Å². The van der Waals surface area contributed by atoms with Gasteiger partial charge in [-0.15, -0.1) is 0 Å². The van der Waals surface area contributed by atoms with E-state index in [2.05, 4.69) is 81.2 Å². The number of fused-ring (bicyclic) bond motifs is 1. The summed E-state index contributed by atoms with van der Waals surface area (Å²) in [5.74, 6) is 0. The summed E-state index contributed by atoms with van der Waals surface area (Å²) in [5.41, 5.74) is 6.06. The monoisotopic (exact) mass is 405 g/mol. The van der Waals surface area contributed by atoms with E-state index in [-0.39, 0.29) is 11.5 Å². The van der Waals surface area contributed by atoms with Crippen LogP contribution in [-0.2, 0) is 4.74 Å². The first kappa shape index (κ1) is 21.3. The van der Waals surface area contributed by atoms with Gasteiger partial charge < -0.3 is 4.74 Å². The maximum atomic E-state index is 6.38. The Morgan fingerprint density at radius 3 is 2.59 bits per heavy atom. The topological polar surface area (TPSA) is 22.1 Å². The second-order valence-corrected chi connectivity index (χ2v) is 8.56. The predicted octanol–water partition coefficient (Wildman–Crippen LogP) is 7.27. The van der Waals surface area contributed by atoms with Gasteiger partial charge in [-0.1, -0.05) is 74.8 Å². The van der Waals surface area contributed by atoms with E-state index < -0.39 is 0 Å². The van der Waals surface area contributed by atoms with Crippen molar-refractivity contribution < 1.29 is 4.74 Å². The minimum absolute atomic E-state index is 0.114. The van der Waals surface area contributed by atoms with Crippen molar-refractivity contribution in [2.24, 2.45) is 5.41 Å². The summed E-state index contributed by atoms with van der Waals surface area (Å²) < 4.78 is 6.38. The maximum absolute atomic E-state index is 6.38. The first-order valence-corrected chi connectivity index (χ1v) is 10.3. The number of hydrogen-bond acceptors (Lipinski definition) is 2.